The Balaban J connectivity index is 1.31. The minimum absolute atomic E-state index is 0.182. The van der Waals surface area contributed by atoms with Crippen molar-refractivity contribution in [2.24, 2.45) is 0 Å². The van der Waals surface area contributed by atoms with E-state index in [4.69, 9.17) is 28.4 Å². The van der Waals surface area contributed by atoms with Crippen molar-refractivity contribution < 1.29 is 28.4 Å². The molecule has 0 spiro atoms. The van der Waals surface area contributed by atoms with Crippen LogP contribution in [0.1, 0.15) is 39.8 Å². The van der Waals surface area contributed by atoms with E-state index >= 15 is 0 Å². The molecule has 4 atom stereocenters. The predicted octanol–water partition coefficient (Wildman–Crippen LogP) is 5.85. The number of rotatable bonds is 13. The Morgan fingerprint density at radius 3 is 1.58 bits per heavy atom. The van der Waals surface area contributed by atoms with Crippen molar-refractivity contribution in [3.63, 3.8) is 0 Å². The zero-order valence-electron chi connectivity index (χ0n) is 24.2. The molecule has 6 nitrogen and oxygen atoms in total. The van der Waals surface area contributed by atoms with Gasteiger partial charge in [0.1, 0.15) is 24.2 Å². The minimum atomic E-state index is -0.593. The van der Waals surface area contributed by atoms with Gasteiger partial charge in [0, 0.05) is 19.3 Å². The zero-order valence-corrected chi connectivity index (χ0v) is 24.2. The maximum atomic E-state index is 6.31. The van der Waals surface area contributed by atoms with Gasteiger partial charge in [0.2, 0.25) is 6.29 Å². The van der Waals surface area contributed by atoms with Crippen molar-refractivity contribution in [1.82, 2.24) is 0 Å². The molecule has 0 N–H and O–H groups in total. The maximum absolute atomic E-state index is 6.31. The van der Waals surface area contributed by atoms with E-state index < -0.39 is 5.41 Å². The van der Waals surface area contributed by atoms with Crippen LogP contribution in [0.5, 0.6) is 11.5 Å². The summed E-state index contributed by atoms with van der Waals surface area (Å²) >= 11 is 0. The fourth-order valence-electron chi connectivity index (χ4n) is 6.23. The third-order valence-corrected chi connectivity index (χ3v) is 8.84. The van der Waals surface area contributed by atoms with Gasteiger partial charge in [-0.2, -0.15) is 0 Å². The van der Waals surface area contributed by atoms with Crippen LogP contribution in [0.15, 0.2) is 97.1 Å². The van der Waals surface area contributed by atoms with Gasteiger partial charge in [0.05, 0.1) is 44.1 Å². The van der Waals surface area contributed by atoms with Gasteiger partial charge in [0.25, 0.3) is 0 Å². The number of epoxide rings is 3. The molecule has 4 fully saturated rings. The Hall–Kier alpha value is -3.68. The quantitative estimate of drug-likeness (QED) is 0.147. The minimum Gasteiger partial charge on any atom is -0.491 e. The SMILES string of the molecule is c1ccc(C(c2ccccc2)(c2ccc(OCC3CO3)c(CC3CO3)c2)c2ccc(OC3CCO3)c(CC3CO3)c2)cc1. The lowest BCUT2D eigenvalue weighted by atomic mass is 9.64. The third-order valence-electron chi connectivity index (χ3n) is 8.84. The molecule has 0 aromatic heterocycles. The van der Waals surface area contributed by atoms with Gasteiger partial charge in [-0.15, -0.1) is 0 Å². The number of benzene rings is 4. The molecule has 0 bridgehead atoms. The van der Waals surface area contributed by atoms with E-state index in [1.54, 1.807) is 0 Å². The summed E-state index contributed by atoms with van der Waals surface area (Å²) in [6, 6.07) is 35.0. The average Bonchev–Trinajstić information content (AvgIpc) is 3.86. The first-order valence-corrected chi connectivity index (χ1v) is 15.4. The summed E-state index contributed by atoms with van der Waals surface area (Å²) in [5.74, 6) is 1.78. The lowest BCUT2D eigenvalue weighted by Gasteiger charge is -2.38. The van der Waals surface area contributed by atoms with Gasteiger partial charge in [-0.1, -0.05) is 84.9 Å². The number of hydrogen-bond acceptors (Lipinski definition) is 6. The normalized spacial score (nSPS) is 23.7. The first-order valence-electron chi connectivity index (χ1n) is 15.4. The molecule has 0 amide bonds. The summed E-state index contributed by atoms with van der Waals surface area (Å²) in [6.45, 7) is 3.66. The first-order chi connectivity index (χ1) is 21.3. The largest absolute Gasteiger partial charge is 0.491 e. The van der Waals surface area contributed by atoms with Crippen LogP contribution in [-0.4, -0.2) is 57.6 Å². The number of hydrogen-bond donors (Lipinski definition) is 0. The van der Waals surface area contributed by atoms with E-state index in [-0.39, 0.29) is 24.6 Å². The molecule has 4 unspecified atom stereocenters. The fourth-order valence-corrected chi connectivity index (χ4v) is 6.23. The average molecular weight is 577 g/mol. The van der Waals surface area contributed by atoms with Gasteiger partial charge in [-0.25, -0.2) is 0 Å². The van der Waals surface area contributed by atoms with E-state index in [1.807, 2.05) is 0 Å². The smallest absolute Gasteiger partial charge is 0.202 e. The molecule has 220 valence electrons. The Morgan fingerprint density at radius 2 is 1.09 bits per heavy atom. The lowest BCUT2D eigenvalue weighted by molar-refractivity contribution is -0.165. The second kappa shape index (κ2) is 11.4. The first kappa shape index (κ1) is 26.9. The molecule has 43 heavy (non-hydrogen) atoms. The summed E-state index contributed by atoms with van der Waals surface area (Å²) in [6.07, 6.45) is 2.99. The van der Waals surface area contributed by atoms with Gasteiger partial charge in [-0.05, 0) is 45.5 Å². The standard InChI is InChI=1S/C37H36O6/c1-3-7-27(8-4-1)37(28-9-5-2-6-10-28,29-11-13-34(42-24-33-23-41-33)25(17-29)19-31-21-39-31)30-12-14-35(43-36-15-16-38-36)26(18-30)20-32-22-40-32/h1-14,17-18,31-33,36H,15-16,19-24H2. The molecule has 0 aliphatic carbocycles. The molecule has 4 aliphatic heterocycles. The molecule has 4 saturated heterocycles. The van der Waals surface area contributed by atoms with Crippen molar-refractivity contribution in [2.45, 2.75) is 49.3 Å². The Bertz CT molecular complexity index is 1520. The maximum Gasteiger partial charge on any atom is 0.202 e. The lowest BCUT2D eigenvalue weighted by Crippen LogP contribution is -2.33. The fraction of sp³-hybridized carbons (Fsp3) is 0.351. The van der Waals surface area contributed by atoms with Crippen molar-refractivity contribution in [1.29, 1.82) is 0 Å². The van der Waals surface area contributed by atoms with E-state index in [1.165, 1.54) is 22.3 Å². The summed E-state index contributed by atoms with van der Waals surface area (Å²) in [7, 11) is 0. The Kier molecular flexibility index (Phi) is 7.16. The van der Waals surface area contributed by atoms with Crippen molar-refractivity contribution in [3.05, 3.63) is 130 Å². The van der Waals surface area contributed by atoms with Crippen LogP contribution in [0.4, 0.5) is 0 Å². The molecule has 4 aromatic carbocycles. The van der Waals surface area contributed by atoms with Crippen LogP contribution in [0.3, 0.4) is 0 Å². The van der Waals surface area contributed by atoms with Crippen LogP contribution >= 0.6 is 0 Å². The van der Waals surface area contributed by atoms with Crippen LogP contribution in [0.25, 0.3) is 0 Å². The molecule has 0 radical (unpaired) electrons. The van der Waals surface area contributed by atoms with Gasteiger partial charge in [-0.3, -0.25) is 0 Å². The third kappa shape index (κ3) is 5.68. The molecule has 6 heteroatoms. The van der Waals surface area contributed by atoms with Gasteiger partial charge in [0.15, 0.2) is 0 Å². The Labute approximate surface area is 252 Å². The zero-order chi connectivity index (χ0) is 28.6. The van der Waals surface area contributed by atoms with Crippen LogP contribution in [0, 0.1) is 0 Å². The molecule has 4 heterocycles. The summed E-state index contributed by atoms with van der Waals surface area (Å²) in [5.41, 5.74) is 6.45. The van der Waals surface area contributed by atoms with Crippen LogP contribution in [0.2, 0.25) is 0 Å². The van der Waals surface area contributed by atoms with E-state index in [9.17, 15) is 0 Å². The van der Waals surface area contributed by atoms with Crippen molar-refractivity contribution in [2.75, 3.05) is 33.0 Å². The summed E-state index contributed by atoms with van der Waals surface area (Å²) < 4.78 is 35.0. The van der Waals surface area contributed by atoms with E-state index in [0.717, 1.165) is 68.3 Å². The second-order valence-corrected chi connectivity index (χ2v) is 11.9. The van der Waals surface area contributed by atoms with E-state index in [0.29, 0.717) is 6.61 Å². The highest BCUT2D eigenvalue weighted by molar-refractivity contribution is 5.62. The molecular formula is C37H36O6. The molecule has 4 aromatic rings. The summed E-state index contributed by atoms with van der Waals surface area (Å²) in [4.78, 5) is 0. The van der Waals surface area contributed by atoms with Crippen molar-refractivity contribution in [3.8, 4) is 11.5 Å². The highest BCUT2D eigenvalue weighted by atomic mass is 16.7. The van der Waals surface area contributed by atoms with E-state index in [2.05, 4.69) is 97.1 Å². The van der Waals surface area contributed by atoms with Gasteiger partial charge >= 0.3 is 0 Å². The monoisotopic (exact) mass is 576 g/mol. The second-order valence-electron chi connectivity index (χ2n) is 11.9. The molecule has 4 aliphatic rings. The topological polar surface area (TPSA) is 65.3 Å². The highest BCUT2D eigenvalue weighted by Gasteiger charge is 2.40. The number of ether oxygens (including phenoxy) is 6. The van der Waals surface area contributed by atoms with Gasteiger partial charge < -0.3 is 28.4 Å². The molecule has 8 rings (SSSR count). The van der Waals surface area contributed by atoms with Crippen LogP contribution < -0.4 is 9.47 Å². The van der Waals surface area contributed by atoms with Crippen molar-refractivity contribution >= 4 is 0 Å². The highest BCUT2D eigenvalue weighted by Crippen LogP contribution is 2.47. The molecular weight excluding hydrogens is 540 g/mol. The Morgan fingerprint density at radius 1 is 0.581 bits per heavy atom. The molecule has 0 saturated carbocycles. The van der Waals surface area contributed by atoms with Crippen LogP contribution in [-0.2, 0) is 37.2 Å². The predicted molar refractivity (Wildman–Crippen MR) is 162 cm³/mol. The summed E-state index contributed by atoms with van der Waals surface area (Å²) in [5, 5.41) is 0.